The number of aliphatic carboxylic acids is 1. The number of unbranched alkanes of at least 4 members (excludes halogenated alkanes) is 2. The SMILES string of the molecule is O=C(O)CCCCCc1coc2cc(O)ccc2c1=O. The first kappa shape index (κ1) is 14.1. The Morgan fingerprint density at radius 1 is 1.20 bits per heavy atom. The zero-order chi connectivity index (χ0) is 14.5. The summed E-state index contributed by atoms with van der Waals surface area (Å²) in [5.41, 5.74) is 0.854. The molecule has 0 unspecified atom stereocenters. The average Bonchev–Trinajstić information content (AvgIpc) is 2.40. The Kier molecular flexibility index (Phi) is 4.40. The molecule has 5 heteroatoms. The third-order valence-corrected chi connectivity index (χ3v) is 3.17. The molecule has 0 atom stereocenters. The molecule has 0 radical (unpaired) electrons. The predicted molar refractivity (Wildman–Crippen MR) is 74.0 cm³/mol. The van der Waals surface area contributed by atoms with Crippen molar-refractivity contribution < 1.29 is 19.4 Å². The first-order chi connectivity index (χ1) is 9.58. The van der Waals surface area contributed by atoms with E-state index >= 15 is 0 Å². The van der Waals surface area contributed by atoms with E-state index in [0.717, 1.165) is 12.8 Å². The van der Waals surface area contributed by atoms with Crippen molar-refractivity contribution in [3.05, 3.63) is 40.2 Å². The van der Waals surface area contributed by atoms with E-state index in [1.54, 1.807) is 6.07 Å². The van der Waals surface area contributed by atoms with E-state index in [0.29, 0.717) is 29.4 Å². The molecule has 1 heterocycles. The number of hydrogen-bond donors (Lipinski definition) is 2. The Balaban J connectivity index is 2.04. The molecule has 0 saturated heterocycles. The fourth-order valence-corrected chi connectivity index (χ4v) is 2.10. The summed E-state index contributed by atoms with van der Waals surface area (Å²) in [7, 11) is 0. The van der Waals surface area contributed by atoms with Crippen molar-refractivity contribution in [2.45, 2.75) is 32.1 Å². The largest absolute Gasteiger partial charge is 0.508 e. The Hall–Kier alpha value is -2.30. The fourth-order valence-electron chi connectivity index (χ4n) is 2.10. The molecule has 2 N–H and O–H groups in total. The van der Waals surface area contributed by atoms with Gasteiger partial charge in [-0.3, -0.25) is 9.59 Å². The number of carbonyl (C=O) groups is 1. The maximum absolute atomic E-state index is 12.2. The zero-order valence-corrected chi connectivity index (χ0v) is 11.0. The van der Waals surface area contributed by atoms with Crippen molar-refractivity contribution in [3.63, 3.8) is 0 Å². The molecule has 5 nitrogen and oxygen atoms in total. The molecule has 1 aromatic heterocycles. The van der Waals surface area contributed by atoms with E-state index in [4.69, 9.17) is 9.52 Å². The summed E-state index contributed by atoms with van der Waals surface area (Å²) in [6, 6.07) is 4.41. The molecule has 0 aliphatic heterocycles. The summed E-state index contributed by atoms with van der Waals surface area (Å²) in [5.74, 6) is -0.739. The third kappa shape index (κ3) is 3.38. The van der Waals surface area contributed by atoms with Crippen LogP contribution >= 0.6 is 0 Å². The minimum Gasteiger partial charge on any atom is -0.508 e. The van der Waals surface area contributed by atoms with Crippen molar-refractivity contribution in [2.75, 3.05) is 0 Å². The summed E-state index contributed by atoms with van der Waals surface area (Å²) < 4.78 is 5.35. The number of phenolic OH excluding ortho intramolecular Hbond substituents is 1. The van der Waals surface area contributed by atoms with Gasteiger partial charge < -0.3 is 14.6 Å². The molecule has 2 rings (SSSR count). The third-order valence-electron chi connectivity index (χ3n) is 3.17. The predicted octanol–water partition coefficient (Wildman–Crippen LogP) is 2.69. The van der Waals surface area contributed by atoms with Crippen LogP contribution in [0, 0.1) is 0 Å². The highest BCUT2D eigenvalue weighted by Crippen LogP contribution is 2.18. The molecule has 0 aliphatic rings. The monoisotopic (exact) mass is 276 g/mol. The van der Waals surface area contributed by atoms with Crippen molar-refractivity contribution >= 4 is 16.9 Å². The Morgan fingerprint density at radius 3 is 2.75 bits per heavy atom. The number of carboxylic acid groups (broad SMARTS) is 1. The van der Waals surface area contributed by atoms with Gasteiger partial charge in [0.15, 0.2) is 5.43 Å². The Morgan fingerprint density at radius 2 is 2.00 bits per heavy atom. The van der Waals surface area contributed by atoms with Crippen LogP contribution in [0.25, 0.3) is 11.0 Å². The maximum Gasteiger partial charge on any atom is 0.303 e. The second-order valence-corrected chi connectivity index (χ2v) is 4.72. The molecule has 0 amide bonds. The van der Waals surface area contributed by atoms with Gasteiger partial charge in [-0.2, -0.15) is 0 Å². The molecule has 0 bridgehead atoms. The lowest BCUT2D eigenvalue weighted by Gasteiger charge is -2.03. The van der Waals surface area contributed by atoms with Crippen LogP contribution in [-0.4, -0.2) is 16.2 Å². The molecule has 1 aromatic carbocycles. The number of hydrogen-bond acceptors (Lipinski definition) is 4. The zero-order valence-electron chi connectivity index (χ0n) is 11.0. The van der Waals surface area contributed by atoms with Gasteiger partial charge in [-0.05, 0) is 31.4 Å². The molecular weight excluding hydrogens is 260 g/mol. The number of fused-ring (bicyclic) bond motifs is 1. The topological polar surface area (TPSA) is 87.7 Å². The molecule has 0 aliphatic carbocycles. The van der Waals surface area contributed by atoms with Gasteiger partial charge in [-0.15, -0.1) is 0 Å². The van der Waals surface area contributed by atoms with Crippen LogP contribution in [0.15, 0.2) is 33.7 Å². The van der Waals surface area contributed by atoms with Gasteiger partial charge in [0.1, 0.15) is 11.3 Å². The lowest BCUT2D eigenvalue weighted by atomic mass is 10.1. The quantitative estimate of drug-likeness (QED) is 0.792. The van der Waals surface area contributed by atoms with Gasteiger partial charge in [0.05, 0.1) is 11.6 Å². The molecule has 0 saturated carbocycles. The average molecular weight is 276 g/mol. The minimum atomic E-state index is -0.796. The smallest absolute Gasteiger partial charge is 0.303 e. The van der Waals surface area contributed by atoms with Gasteiger partial charge in [0, 0.05) is 18.1 Å². The standard InChI is InChI=1S/C15H16O5/c16-11-6-7-12-13(8-11)20-9-10(15(12)19)4-2-1-3-5-14(17)18/h6-9,16H,1-5H2,(H,17,18). The summed E-state index contributed by atoms with van der Waals surface area (Å²) in [6.45, 7) is 0. The van der Waals surface area contributed by atoms with Crippen LogP contribution in [0.4, 0.5) is 0 Å². The van der Waals surface area contributed by atoms with Crippen molar-refractivity contribution in [3.8, 4) is 5.75 Å². The molecule has 0 fully saturated rings. The van der Waals surface area contributed by atoms with E-state index in [1.807, 2.05) is 0 Å². The van der Waals surface area contributed by atoms with Crippen LogP contribution < -0.4 is 5.43 Å². The van der Waals surface area contributed by atoms with Crippen LogP contribution in [0.3, 0.4) is 0 Å². The summed E-state index contributed by atoms with van der Waals surface area (Å²) in [6.07, 6.45) is 4.27. The minimum absolute atomic E-state index is 0.0575. The number of benzene rings is 1. The van der Waals surface area contributed by atoms with Crippen LogP contribution in [-0.2, 0) is 11.2 Å². The highest BCUT2D eigenvalue weighted by Gasteiger charge is 2.07. The van der Waals surface area contributed by atoms with Crippen molar-refractivity contribution in [1.82, 2.24) is 0 Å². The van der Waals surface area contributed by atoms with Crippen LogP contribution in [0.5, 0.6) is 5.75 Å². The number of aromatic hydroxyl groups is 1. The Bertz CT molecular complexity index is 672. The van der Waals surface area contributed by atoms with Crippen molar-refractivity contribution in [1.29, 1.82) is 0 Å². The highest BCUT2D eigenvalue weighted by atomic mass is 16.4. The first-order valence-corrected chi connectivity index (χ1v) is 6.53. The van der Waals surface area contributed by atoms with Gasteiger partial charge in [-0.25, -0.2) is 0 Å². The molecule has 0 spiro atoms. The number of rotatable bonds is 6. The van der Waals surface area contributed by atoms with Gasteiger partial charge in [0.2, 0.25) is 0 Å². The van der Waals surface area contributed by atoms with Gasteiger partial charge >= 0.3 is 5.97 Å². The number of carboxylic acids is 1. The summed E-state index contributed by atoms with van der Waals surface area (Å²) >= 11 is 0. The second-order valence-electron chi connectivity index (χ2n) is 4.72. The maximum atomic E-state index is 12.2. The Labute approximate surface area is 115 Å². The second kappa shape index (κ2) is 6.23. The highest BCUT2D eigenvalue weighted by molar-refractivity contribution is 5.78. The number of phenols is 1. The van der Waals surface area contributed by atoms with E-state index in [1.165, 1.54) is 18.4 Å². The normalized spacial score (nSPS) is 10.8. The van der Waals surface area contributed by atoms with Crippen LogP contribution in [0.2, 0.25) is 0 Å². The lowest BCUT2D eigenvalue weighted by Crippen LogP contribution is -2.08. The summed E-state index contributed by atoms with van der Waals surface area (Å²) in [5, 5.41) is 18.3. The van der Waals surface area contributed by atoms with Gasteiger partial charge in [-0.1, -0.05) is 6.42 Å². The van der Waals surface area contributed by atoms with Crippen LogP contribution in [0.1, 0.15) is 31.2 Å². The molecular formula is C15H16O5. The molecule has 106 valence electrons. The van der Waals surface area contributed by atoms with E-state index in [9.17, 15) is 14.7 Å². The first-order valence-electron chi connectivity index (χ1n) is 6.53. The molecule has 2 aromatic rings. The van der Waals surface area contributed by atoms with E-state index < -0.39 is 5.97 Å². The lowest BCUT2D eigenvalue weighted by molar-refractivity contribution is -0.137. The fraction of sp³-hybridized carbons (Fsp3) is 0.333. The summed E-state index contributed by atoms with van der Waals surface area (Å²) in [4.78, 5) is 22.6. The van der Waals surface area contributed by atoms with E-state index in [2.05, 4.69) is 0 Å². The number of aryl methyl sites for hydroxylation is 1. The van der Waals surface area contributed by atoms with Crippen molar-refractivity contribution in [2.24, 2.45) is 0 Å². The van der Waals surface area contributed by atoms with E-state index in [-0.39, 0.29) is 17.6 Å². The van der Waals surface area contributed by atoms with Gasteiger partial charge in [0.25, 0.3) is 0 Å². The molecule has 20 heavy (non-hydrogen) atoms.